The maximum atomic E-state index is 12.6. The highest BCUT2D eigenvalue weighted by molar-refractivity contribution is 6.74. The number of rotatable bonds is 3. The Morgan fingerprint density at radius 2 is 1.96 bits per heavy atom. The van der Waals surface area contributed by atoms with Gasteiger partial charge in [-0.3, -0.25) is 4.79 Å². The minimum Gasteiger partial charge on any atom is -0.411 e. The van der Waals surface area contributed by atoms with Gasteiger partial charge in [0.05, 0.1) is 6.61 Å². The number of nitrogens with zero attached hydrogens (tertiary/aromatic N) is 1. The molecule has 3 nitrogen and oxygen atoms in total. The van der Waals surface area contributed by atoms with Gasteiger partial charge >= 0.3 is 0 Å². The van der Waals surface area contributed by atoms with Crippen LogP contribution in [0.25, 0.3) is 10.9 Å². The smallest absolute Gasteiger partial charge is 0.192 e. The summed E-state index contributed by atoms with van der Waals surface area (Å²) in [7, 11) is 0.328. The molecule has 0 N–H and O–H groups in total. The van der Waals surface area contributed by atoms with Crippen LogP contribution in [0.4, 0.5) is 0 Å². The van der Waals surface area contributed by atoms with Gasteiger partial charge in [0.15, 0.2) is 14.1 Å². The third-order valence-electron chi connectivity index (χ3n) is 6.55. The van der Waals surface area contributed by atoms with Crippen molar-refractivity contribution in [2.75, 3.05) is 0 Å². The largest absolute Gasteiger partial charge is 0.411 e. The van der Waals surface area contributed by atoms with Crippen molar-refractivity contribution in [1.82, 2.24) is 4.57 Å². The molecule has 0 amide bonds. The maximum Gasteiger partial charge on any atom is 0.192 e. The molecule has 1 aliphatic rings. The fraction of sp³-hybridized carbons (Fsp3) is 0.591. The highest BCUT2D eigenvalue weighted by Crippen LogP contribution is 2.38. The van der Waals surface area contributed by atoms with Gasteiger partial charge in [-0.15, -0.1) is 0 Å². The molecule has 0 bridgehead atoms. The van der Waals surface area contributed by atoms with Crippen LogP contribution in [0.15, 0.2) is 18.2 Å². The van der Waals surface area contributed by atoms with Gasteiger partial charge < -0.3 is 8.99 Å². The normalized spacial score (nSPS) is 18.9. The summed E-state index contributed by atoms with van der Waals surface area (Å²) in [6.45, 7) is 14.2. The number of carbonyl (C=O) groups excluding carboxylic acids is 1. The average Bonchev–Trinajstić information content (AvgIpc) is 2.77. The standard InChI is InChI=1S/C22H33NO2Si/c1-15-8-9-17-18(21(24)12-15)10-11-20-19(17)13-16(23(20)5)14-25-26(6,7)22(2,3)4/h10-11,13,15H,8-9,12,14H2,1-7H3. The first-order valence-electron chi connectivity index (χ1n) is 9.78. The summed E-state index contributed by atoms with van der Waals surface area (Å²) >= 11 is 0. The second-order valence-electron chi connectivity index (χ2n) is 9.54. The number of hydrogen-bond donors (Lipinski definition) is 0. The zero-order valence-corrected chi connectivity index (χ0v) is 18.4. The summed E-state index contributed by atoms with van der Waals surface area (Å²) in [4.78, 5) is 12.6. The molecule has 1 unspecified atom stereocenters. The van der Waals surface area contributed by atoms with Crippen molar-refractivity contribution in [2.24, 2.45) is 13.0 Å². The summed E-state index contributed by atoms with van der Waals surface area (Å²) in [6.07, 6.45) is 2.75. The third-order valence-corrected chi connectivity index (χ3v) is 11.0. The van der Waals surface area contributed by atoms with E-state index in [0.717, 1.165) is 18.4 Å². The molecule has 3 rings (SSSR count). The lowest BCUT2D eigenvalue weighted by atomic mass is 9.98. The van der Waals surface area contributed by atoms with Crippen molar-refractivity contribution in [3.05, 3.63) is 35.0 Å². The van der Waals surface area contributed by atoms with Gasteiger partial charge in [0.2, 0.25) is 0 Å². The van der Waals surface area contributed by atoms with Crippen LogP contribution >= 0.6 is 0 Å². The summed E-state index contributed by atoms with van der Waals surface area (Å²) in [5.74, 6) is 0.768. The Morgan fingerprint density at radius 1 is 1.27 bits per heavy atom. The van der Waals surface area contributed by atoms with Crippen molar-refractivity contribution >= 4 is 25.0 Å². The van der Waals surface area contributed by atoms with Gasteiger partial charge in [-0.1, -0.05) is 27.7 Å². The van der Waals surface area contributed by atoms with Gasteiger partial charge in [-0.2, -0.15) is 0 Å². The number of Topliss-reactive ketones (excluding diaryl/α,β-unsaturated/α-hetero) is 1. The van der Waals surface area contributed by atoms with Gasteiger partial charge in [0.25, 0.3) is 0 Å². The van der Waals surface area contributed by atoms with Crippen LogP contribution in [0.2, 0.25) is 18.1 Å². The van der Waals surface area contributed by atoms with Crippen LogP contribution in [0, 0.1) is 5.92 Å². The van der Waals surface area contributed by atoms with Crippen LogP contribution in [0.3, 0.4) is 0 Å². The first kappa shape index (κ1) is 19.4. The fourth-order valence-electron chi connectivity index (χ4n) is 3.58. The molecule has 142 valence electrons. The predicted octanol–water partition coefficient (Wildman–Crippen LogP) is 5.86. The van der Waals surface area contributed by atoms with Gasteiger partial charge in [-0.05, 0) is 60.7 Å². The molecule has 1 heterocycles. The summed E-state index contributed by atoms with van der Waals surface area (Å²) < 4.78 is 8.69. The molecule has 1 atom stereocenters. The summed E-state index contributed by atoms with van der Waals surface area (Å²) in [5.41, 5.74) is 4.58. The molecule has 1 aromatic carbocycles. The Bertz CT molecular complexity index is 842. The van der Waals surface area contributed by atoms with Crippen LogP contribution < -0.4 is 0 Å². The van der Waals surface area contributed by atoms with Gasteiger partial charge in [0, 0.05) is 35.6 Å². The number of hydrogen-bond acceptors (Lipinski definition) is 2. The number of fused-ring (bicyclic) bond motifs is 3. The first-order chi connectivity index (χ1) is 12.0. The van der Waals surface area contributed by atoms with Crippen molar-refractivity contribution in [3.8, 4) is 0 Å². The molecule has 1 aliphatic carbocycles. The van der Waals surface area contributed by atoms with Gasteiger partial charge in [-0.25, -0.2) is 0 Å². The van der Waals surface area contributed by atoms with E-state index in [2.05, 4.69) is 64.5 Å². The summed E-state index contributed by atoms with van der Waals surface area (Å²) in [6, 6.07) is 6.40. The number of ketones is 1. The highest BCUT2D eigenvalue weighted by atomic mass is 28.4. The molecule has 0 saturated carbocycles. The van der Waals surface area contributed by atoms with Gasteiger partial charge in [0.1, 0.15) is 0 Å². The molecule has 0 radical (unpaired) electrons. The number of aromatic nitrogens is 1. The minimum atomic E-state index is -1.78. The number of carbonyl (C=O) groups is 1. The molecule has 0 aliphatic heterocycles. The number of aryl methyl sites for hydroxylation is 2. The second kappa shape index (κ2) is 6.65. The number of benzene rings is 1. The topological polar surface area (TPSA) is 31.2 Å². The van der Waals surface area contributed by atoms with Crippen molar-refractivity contribution in [1.29, 1.82) is 0 Å². The molecule has 0 spiro atoms. The molecule has 26 heavy (non-hydrogen) atoms. The highest BCUT2D eigenvalue weighted by Gasteiger charge is 2.37. The van der Waals surface area contributed by atoms with E-state index in [0.29, 0.717) is 24.7 Å². The van der Waals surface area contributed by atoms with E-state index in [1.54, 1.807) is 0 Å². The van der Waals surface area contributed by atoms with E-state index in [-0.39, 0.29) is 5.04 Å². The van der Waals surface area contributed by atoms with E-state index in [1.807, 2.05) is 6.07 Å². The SMILES string of the molecule is CC1CCc2c(ccc3c2cc(CO[Si](C)(C)C(C)(C)C)n3C)C(=O)C1. The molecule has 2 aromatic rings. The Hall–Kier alpha value is -1.39. The first-order valence-corrected chi connectivity index (χ1v) is 12.7. The lowest BCUT2D eigenvalue weighted by Gasteiger charge is -2.36. The van der Waals surface area contributed by atoms with E-state index >= 15 is 0 Å². The zero-order valence-electron chi connectivity index (χ0n) is 17.4. The Labute approximate surface area is 158 Å². The zero-order chi connectivity index (χ0) is 19.3. The summed E-state index contributed by atoms with van der Waals surface area (Å²) in [5, 5.41) is 1.44. The average molecular weight is 372 g/mol. The lowest BCUT2D eigenvalue weighted by Crippen LogP contribution is -2.40. The Balaban J connectivity index is 1.98. The monoisotopic (exact) mass is 371 g/mol. The van der Waals surface area contributed by atoms with Crippen molar-refractivity contribution < 1.29 is 9.22 Å². The molecule has 4 heteroatoms. The molecule has 0 fully saturated rings. The van der Waals surface area contributed by atoms with E-state index in [9.17, 15) is 4.79 Å². The third kappa shape index (κ3) is 3.41. The van der Waals surface area contributed by atoms with Crippen LogP contribution in [0.1, 0.15) is 62.2 Å². The fourth-order valence-corrected chi connectivity index (χ4v) is 4.52. The predicted molar refractivity (Wildman–Crippen MR) is 111 cm³/mol. The quantitative estimate of drug-likeness (QED) is 0.500. The second-order valence-corrected chi connectivity index (χ2v) is 14.3. The molecular formula is C22H33NO2Si. The lowest BCUT2D eigenvalue weighted by molar-refractivity contribution is 0.0967. The molecular weight excluding hydrogens is 338 g/mol. The Morgan fingerprint density at radius 3 is 2.62 bits per heavy atom. The van der Waals surface area contributed by atoms with Crippen molar-refractivity contribution in [3.63, 3.8) is 0 Å². The molecule has 0 saturated heterocycles. The van der Waals surface area contributed by atoms with E-state index in [4.69, 9.17) is 4.43 Å². The van der Waals surface area contributed by atoms with E-state index in [1.165, 1.54) is 22.2 Å². The van der Waals surface area contributed by atoms with Crippen LogP contribution in [0.5, 0.6) is 0 Å². The van der Waals surface area contributed by atoms with E-state index < -0.39 is 8.32 Å². The Kier molecular flexibility index (Phi) is 4.95. The van der Waals surface area contributed by atoms with Crippen LogP contribution in [-0.2, 0) is 24.5 Å². The van der Waals surface area contributed by atoms with Crippen LogP contribution in [-0.4, -0.2) is 18.7 Å². The molecule has 1 aromatic heterocycles. The van der Waals surface area contributed by atoms with Crippen molar-refractivity contribution in [2.45, 2.75) is 71.7 Å². The maximum absolute atomic E-state index is 12.6. The minimum absolute atomic E-state index is 0.206.